The Hall–Kier alpha value is -3.27. The molecule has 0 saturated carbocycles. The van der Waals surface area contributed by atoms with Crippen LogP contribution in [0.5, 0.6) is 11.5 Å². The Morgan fingerprint density at radius 2 is 1.54 bits per heavy atom. The number of nitrogens with zero attached hydrogens (tertiary/aromatic N) is 1. The molecule has 0 fully saturated rings. The van der Waals surface area contributed by atoms with Crippen LogP contribution < -0.4 is 15.4 Å². The zero-order valence-corrected chi connectivity index (χ0v) is 14.9. The second kappa shape index (κ2) is 7.74. The number of anilines is 1. The molecule has 1 atom stereocenters. The van der Waals surface area contributed by atoms with Crippen LogP contribution in [0.3, 0.4) is 0 Å². The highest BCUT2D eigenvalue weighted by Crippen LogP contribution is 2.32. The van der Waals surface area contributed by atoms with Crippen LogP contribution in [0, 0.1) is 6.92 Å². The first-order valence-electron chi connectivity index (χ1n) is 8.47. The van der Waals surface area contributed by atoms with Crippen LogP contribution in [-0.2, 0) is 4.79 Å². The lowest BCUT2D eigenvalue weighted by molar-refractivity contribution is -0.119. The van der Waals surface area contributed by atoms with Gasteiger partial charge < -0.3 is 15.4 Å². The molecule has 1 amide bonds. The summed E-state index contributed by atoms with van der Waals surface area (Å²) in [6, 6.07) is 24.4. The first-order chi connectivity index (χ1) is 12.6. The highest BCUT2D eigenvalue weighted by atomic mass is 16.5. The van der Waals surface area contributed by atoms with E-state index in [4.69, 9.17) is 10.5 Å². The maximum Gasteiger partial charge on any atom is 0.244 e. The van der Waals surface area contributed by atoms with Crippen molar-refractivity contribution in [3.63, 3.8) is 0 Å². The third kappa shape index (κ3) is 3.86. The van der Waals surface area contributed by atoms with Gasteiger partial charge in [0, 0.05) is 18.8 Å². The van der Waals surface area contributed by atoms with Crippen molar-refractivity contribution in [3.05, 3.63) is 90.0 Å². The lowest BCUT2D eigenvalue weighted by Gasteiger charge is -2.29. The standard InChI is InChI=1S/C22H22N2O2/c1-16-13-14-19(26-18-11-7-4-8-12-18)15-20(16)24(2)21(22(23)25)17-9-5-3-6-10-17/h3-15,21H,1-2H3,(H2,23,25)/t21-/m1/s1. The fourth-order valence-corrected chi connectivity index (χ4v) is 3.01. The fraction of sp³-hybridized carbons (Fsp3) is 0.136. The van der Waals surface area contributed by atoms with Gasteiger partial charge in [0.05, 0.1) is 0 Å². The largest absolute Gasteiger partial charge is 0.457 e. The molecule has 0 aromatic heterocycles. The Morgan fingerprint density at radius 1 is 0.923 bits per heavy atom. The van der Waals surface area contributed by atoms with Gasteiger partial charge in [0.2, 0.25) is 5.91 Å². The average Bonchev–Trinajstić information content (AvgIpc) is 2.65. The number of hydrogen-bond donors (Lipinski definition) is 1. The minimum Gasteiger partial charge on any atom is -0.457 e. The Morgan fingerprint density at radius 3 is 2.15 bits per heavy atom. The van der Waals surface area contributed by atoms with E-state index >= 15 is 0 Å². The zero-order valence-electron chi connectivity index (χ0n) is 14.9. The Kier molecular flexibility index (Phi) is 5.23. The van der Waals surface area contributed by atoms with E-state index in [0.717, 1.165) is 22.6 Å². The van der Waals surface area contributed by atoms with E-state index in [9.17, 15) is 4.79 Å². The van der Waals surface area contributed by atoms with Crippen molar-refractivity contribution in [2.45, 2.75) is 13.0 Å². The molecular formula is C22H22N2O2. The molecule has 3 aromatic carbocycles. The van der Waals surface area contributed by atoms with Gasteiger partial charge in [-0.15, -0.1) is 0 Å². The molecule has 0 spiro atoms. The van der Waals surface area contributed by atoms with Gasteiger partial charge in [-0.25, -0.2) is 0 Å². The molecule has 0 aliphatic carbocycles. The van der Waals surface area contributed by atoms with E-state index in [1.54, 1.807) is 0 Å². The van der Waals surface area contributed by atoms with Crippen LogP contribution in [0.25, 0.3) is 0 Å². The number of carbonyl (C=O) groups excluding carboxylic acids is 1. The predicted molar refractivity (Wildman–Crippen MR) is 104 cm³/mol. The molecule has 4 heteroatoms. The van der Waals surface area contributed by atoms with E-state index in [-0.39, 0.29) is 0 Å². The highest BCUT2D eigenvalue weighted by Gasteiger charge is 2.24. The molecule has 0 unspecified atom stereocenters. The maximum atomic E-state index is 12.2. The first-order valence-corrected chi connectivity index (χ1v) is 8.47. The van der Waals surface area contributed by atoms with Gasteiger partial charge in [-0.1, -0.05) is 54.6 Å². The third-order valence-electron chi connectivity index (χ3n) is 4.31. The van der Waals surface area contributed by atoms with Gasteiger partial charge in [-0.3, -0.25) is 4.79 Å². The number of benzene rings is 3. The average molecular weight is 346 g/mol. The van der Waals surface area contributed by atoms with Crippen LogP contribution in [0.1, 0.15) is 17.2 Å². The number of rotatable bonds is 6. The molecule has 4 nitrogen and oxygen atoms in total. The Labute approximate surface area is 153 Å². The summed E-state index contributed by atoms with van der Waals surface area (Å²) in [5, 5.41) is 0. The number of likely N-dealkylation sites (N-methyl/N-ethyl adjacent to an activating group) is 1. The van der Waals surface area contributed by atoms with Crippen LogP contribution in [-0.4, -0.2) is 13.0 Å². The minimum absolute atomic E-state index is 0.396. The van der Waals surface area contributed by atoms with Crippen molar-refractivity contribution in [1.82, 2.24) is 0 Å². The molecule has 0 radical (unpaired) electrons. The summed E-state index contributed by atoms with van der Waals surface area (Å²) < 4.78 is 5.93. The van der Waals surface area contributed by atoms with E-state index in [2.05, 4.69) is 0 Å². The van der Waals surface area contributed by atoms with Crippen LogP contribution >= 0.6 is 0 Å². The van der Waals surface area contributed by atoms with Crippen molar-refractivity contribution in [2.75, 3.05) is 11.9 Å². The monoisotopic (exact) mass is 346 g/mol. The van der Waals surface area contributed by atoms with Crippen LogP contribution in [0.15, 0.2) is 78.9 Å². The second-order valence-corrected chi connectivity index (χ2v) is 6.19. The molecule has 0 saturated heterocycles. The highest BCUT2D eigenvalue weighted by molar-refractivity contribution is 5.85. The number of para-hydroxylation sites is 1. The SMILES string of the molecule is Cc1ccc(Oc2ccccc2)cc1N(C)[C@@H](C(N)=O)c1ccccc1. The molecule has 0 bridgehead atoms. The summed E-state index contributed by atoms with van der Waals surface area (Å²) in [4.78, 5) is 14.0. The summed E-state index contributed by atoms with van der Waals surface area (Å²) in [5.41, 5.74) is 8.50. The number of amides is 1. The minimum atomic E-state index is -0.554. The molecule has 3 rings (SSSR count). The number of aryl methyl sites for hydroxylation is 1. The van der Waals surface area contributed by atoms with E-state index in [0.29, 0.717) is 5.75 Å². The summed E-state index contributed by atoms with van der Waals surface area (Å²) in [6.07, 6.45) is 0. The molecule has 2 N–H and O–H groups in total. The Balaban J connectivity index is 1.94. The topological polar surface area (TPSA) is 55.6 Å². The van der Waals surface area contributed by atoms with Crippen LogP contribution in [0.4, 0.5) is 5.69 Å². The molecule has 0 heterocycles. The van der Waals surface area contributed by atoms with Gasteiger partial charge in [0.25, 0.3) is 0 Å². The zero-order chi connectivity index (χ0) is 18.5. The van der Waals surface area contributed by atoms with Crippen molar-refractivity contribution < 1.29 is 9.53 Å². The molecular weight excluding hydrogens is 324 g/mol. The first kappa shape index (κ1) is 17.5. The number of nitrogens with two attached hydrogens (primary N) is 1. The molecule has 132 valence electrons. The van der Waals surface area contributed by atoms with E-state index in [1.165, 1.54) is 0 Å². The summed E-state index contributed by atoms with van der Waals surface area (Å²) in [6.45, 7) is 2.00. The fourth-order valence-electron chi connectivity index (χ4n) is 3.01. The smallest absolute Gasteiger partial charge is 0.244 e. The summed E-state index contributed by atoms with van der Waals surface area (Å²) in [5.74, 6) is 1.08. The number of carbonyl (C=O) groups is 1. The maximum absolute atomic E-state index is 12.2. The lowest BCUT2D eigenvalue weighted by atomic mass is 10.0. The predicted octanol–water partition coefficient (Wildman–Crippen LogP) is 4.45. The van der Waals surface area contributed by atoms with E-state index in [1.807, 2.05) is 97.7 Å². The van der Waals surface area contributed by atoms with Crippen molar-refractivity contribution in [1.29, 1.82) is 0 Å². The third-order valence-corrected chi connectivity index (χ3v) is 4.31. The van der Waals surface area contributed by atoms with Gasteiger partial charge >= 0.3 is 0 Å². The normalized spacial score (nSPS) is 11.6. The Bertz CT molecular complexity index is 879. The molecule has 0 aliphatic heterocycles. The van der Waals surface area contributed by atoms with Gasteiger partial charge in [0.15, 0.2) is 0 Å². The molecule has 3 aromatic rings. The van der Waals surface area contributed by atoms with Gasteiger partial charge in [-0.2, -0.15) is 0 Å². The van der Waals surface area contributed by atoms with Crippen molar-refractivity contribution >= 4 is 11.6 Å². The van der Waals surface area contributed by atoms with E-state index < -0.39 is 11.9 Å². The van der Waals surface area contributed by atoms with Crippen LogP contribution in [0.2, 0.25) is 0 Å². The van der Waals surface area contributed by atoms with Gasteiger partial charge in [0.1, 0.15) is 17.5 Å². The number of ether oxygens (including phenoxy) is 1. The summed E-state index contributed by atoms with van der Waals surface area (Å²) in [7, 11) is 1.87. The molecule has 0 aliphatic rings. The number of primary amides is 1. The quantitative estimate of drug-likeness (QED) is 0.717. The second-order valence-electron chi connectivity index (χ2n) is 6.19. The lowest BCUT2D eigenvalue weighted by Crippen LogP contribution is -2.35. The van der Waals surface area contributed by atoms with Crippen molar-refractivity contribution in [2.24, 2.45) is 5.73 Å². The van der Waals surface area contributed by atoms with Crippen molar-refractivity contribution in [3.8, 4) is 11.5 Å². The van der Waals surface area contributed by atoms with Gasteiger partial charge in [-0.05, 0) is 36.2 Å². The summed E-state index contributed by atoms with van der Waals surface area (Å²) >= 11 is 0. The molecule has 26 heavy (non-hydrogen) atoms. The number of hydrogen-bond acceptors (Lipinski definition) is 3.